The second kappa shape index (κ2) is 8.49. The van der Waals surface area contributed by atoms with Crippen LogP contribution in [0.15, 0.2) is 42.5 Å². The normalized spacial score (nSPS) is 14.0. The van der Waals surface area contributed by atoms with Gasteiger partial charge in [0.2, 0.25) is 0 Å². The summed E-state index contributed by atoms with van der Waals surface area (Å²) >= 11 is 11.4. The number of anilines is 2. The molecule has 1 saturated heterocycles. The molecule has 2 N–H and O–H groups in total. The fraction of sp³-hybridized carbons (Fsp3) is 0.263. The van der Waals surface area contributed by atoms with E-state index in [0.717, 1.165) is 16.9 Å². The third-order valence-corrected chi connectivity index (χ3v) is 4.58. The Morgan fingerprint density at radius 1 is 1.12 bits per heavy atom. The minimum absolute atomic E-state index is 0.0232. The van der Waals surface area contributed by atoms with Crippen molar-refractivity contribution in [2.24, 2.45) is 0 Å². The molecule has 0 aliphatic carbocycles. The first-order valence-corrected chi connectivity index (χ1v) is 9.13. The summed E-state index contributed by atoms with van der Waals surface area (Å²) < 4.78 is 5.28. The number of hydrogen-bond donors (Lipinski definition) is 2. The first-order valence-electron chi connectivity index (χ1n) is 8.34. The van der Waals surface area contributed by atoms with Gasteiger partial charge in [-0.2, -0.15) is 0 Å². The van der Waals surface area contributed by atoms with Crippen LogP contribution in [0.1, 0.15) is 15.9 Å². The summed E-state index contributed by atoms with van der Waals surface area (Å²) in [6.07, 6.45) is 0. The molecule has 0 atom stereocenters. The van der Waals surface area contributed by atoms with Gasteiger partial charge >= 0.3 is 0 Å². The van der Waals surface area contributed by atoms with Gasteiger partial charge in [-0.05, 0) is 61.1 Å². The highest BCUT2D eigenvalue weighted by Crippen LogP contribution is 2.20. The van der Waals surface area contributed by atoms with E-state index in [2.05, 4.69) is 10.6 Å². The summed E-state index contributed by atoms with van der Waals surface area (Å²) in [5.74, 6) is 0.0232. The molecule has 0 radical (unpaired) electrons. The number of carbonyl (C=O) groups is 1. The molecule has 1 aliphatic heterocycles. The molecule has 0 saturated carbocycles. The number of ether oxygens (including phenoxy) is 1. The number of aryl methyl sites for hydroxylation is 1. The monoisotopic (exact) mass is 389 g/mol. The smallest absolute Gasteiger partial charge is 0.254 e. The van der Waals surface area contributed by atoms with Crippen molar-refractivity contribution in [2.75, 3.05) is 36.9 Å². The fourth-order valence-electron chi connectivity index (χ4n) is 2.66. The van der Waals surface area contributed by atoms with E-state index < -0.39 is 0 Å². The van der Waals surface area contributed by atoms with Crippen LogP contribution in [0.5, 0.6) is 0 Å². The van der Waals surface area contributed by atoms with Crippen molar-refractivity contribution in [1.29, 1.82) is 0 Å². The first kappa shape index (κ1) is 18.6. The maximum atomic E-state index is 12.4. The lowest BCUT2D eigenvalue weighted by Gasteiger charge is -2.26. The molecular formula is C19H20ClN3O2S. The van der Waals surface area contributed by atoms with E-state index in [1.54, 1.807) is 17.0 Å². The van der Waals surface area contributed by atoms with Crippen molar-refractivity contribution >= 4 is 46.2 Å². The van der Waals surface area contributed by atoms with E-state index in [1.807, 2.05) is 37.3 Å². The molecular weight excluding hydrogens is 370 g/mol. The minimum atomic E-state index is 0.0232. The number of nitrogens with one attached hydrogen (secondary N) is 2. The number of amides is 1. The van der Waals surface area contributed by atoms with Gasteiger partial charge < -0.3 is 20.3 Å². The van der Waals surface area contributed by atoms with Crippen molar-refractivity contribution in [3.63, 3.8) is 0 Å². The number of rotatable bonds is 3. The standard InChI is InChI=1S/C19H20ClN3O2S/c1-13-2-5-15(20)12-17(13)22-19(26)21-16-6-3-14(4-7-16)18(24)23-8-10-25-11-9-23/h2-7,12H,8-11H2,1H3,(H2,21,22,26). The summed E-state index contributed by atoms with van der Waals surface area (Å²) in [4.78, 5) is 14.2. The van der Waals surface area contributed by atoms with Gasteiger partial charge in [0.15, 0.2) is 5.11 Å². The number of halogens is 1. The van der Waals surface area contributed by atoms with Crippen LogP contribution in [0.25, 0.3) is 0 Å². The molecule has 1 fully saturated rings. The van der Waals surface area contributed by atoms with Gasteiger partial charge in [0.25, 0.3) is 5.91 Å². The van der Waals surface area contributed by atoms with Crippen LogP contribution < -0.4 is 10.6 Å². The Bertz CT molecular complexity index is 805. The molecule has 26 heavy (non-hydrogen) atoms. The Balaban J connectivity index is 1.60. The van der Waals surface area contributed by atoms with E-state index >= 15 is 0 Å². The largest absolute Gasteiger partial charge is 0.378 e. The SMILES string of the molecule is Cc1ccc(Cl)cc1NC(=S)Nc1ccc(C(=O)N2CCOCC2)cc1. The third kappa shape index (κ3) is 4.72. The van der Waals surface area contributed by atoms with Gasteiger partial charge in [-0.25, -0.2) is 0 Å². The van der Waals surface area contributed by atoms with Crippen molar-refractivity contribution in [3.8, 4) is 0 Å². The predicted octanol–water partition coefficient (Wildman–Crippen LogP) is 3.93. The quantitative estimate of drug-likeness (QED) is 0.779. The maximum Gasteiger partial charge on any atom is 0.254 e. The van der Waals surface area contributed by atoms with Crippen molar-refractivity contribution in [2.45, 2.75) is 6.92 Å². The number of nitrogens with zero attached hydrogens (tertiary/aromatic N) is 1. The van der Waals surface area contributed by atoms with E-state index in [9.17, 15) is 4.79 Å². The van der Waals surface area contributed by atoms with Gasteiger partial charge in [-0.3, -0.25) is 4.79 Å². The lowest BCUT2D eigenvalue weighted by atomic mass is 10.1. The van der Waals surface area contributed by atoms with Crippen LogP contribution in [0.4, 0.5) is 11.4 Å². The molecule has 2 aromatic rings. The van der Waals surface area contributed by atoms with Gasteiger partial charge in [0.05, 0.1) is 13.2 Å². The zero-order chi connectivity index (χ0) is 18.5. The van der Waals surface area contributed by atoms with Crippen LogP contribution >= 0.6 is 23.8 Å². The molecule has 136 valence electrons. The molecule has 0 unspecified atom stereocenters. The van der Waals surface area contributed by atoms with Crippen LogP contribution in [0.2, 0.25) is 5.02 Å². The number of morpholine rings is 1. The highest BCUT2D eigenvalue weighted by Gasteiger charge is 2.18. The second-order valence-electron chi connectivity index (χ2n) is 6.02. The summed E-state index contributed by atoms with van der Waals surface area (Å²) in [6.45, 7) is 4.42. The highest BCUT2D eigenvalue weighted by atomic mass is 35.5. The average molecular weight is 390 g/mol. The van der Waals surface area contributed by atoms with Crippen LogP contribution in [0.3, 0.4) is 0 Å². The minimum Gasteiger partial charge on any atom is -0.378 e. The van der Waals surface area contributed by atoms with Gasteiger partial charge in [0.1, 0.15) is 0 Å². The Labute approximate surface area is 163 Å². The van der Waals surface area contributed by atoms with Crippen molar-refractivity contribution < 1.29 is 9.53 Å². The van der Waals surface area contributed by atoms with E-state index in [-0.39, 0.29) is 5.91 Å². The van der Waals surface area contributed by atoms with Crippen LogP contribution in [0, 0.1) is 6.92 Å². The maximum absolute atomic E-state index is 12.4. The van der Waals surface area contributed by atoms with Crippen molar-refractivity contribution in [3.05, 3.63) is 58.6 Å². The number of hydrogen-bond acceptors (Lipinski definition) is 3. The molecule has 0 bridgehead atoms. The molecule has 0 aromatic heterocycles. The zero-order valence-corrected chi connectivity index (χ0v) is 16.0. The number of benzene rings is 2. The molecule has 1 aliphatic rings. The van der Waals surface area contributed by atoms with Gasteiger partial charge in [0, 0.05) is 35.1 Å². The Morgan fingerprint density at radius 2 is 1.81 bits per heavy atom. The highest BCUT2D eigenvalue weighted by molar-refractivity contribution is 7.80. The Kier molecular flexibility index (Phi) is 6.08. The van der Waals surface area contributed by atoms with Gasteiger partial charge in [-0.15, -0.1) is 0 Å². The molecule has 1 amide bonds. The molecule has 7 heteroatoms. The van der Waals surface area contributed by atoms with Crippen molar-refractivity contribution in [1.82, 2.24) is 4.90 Å². The summed E-state index contributed by atoms with van der Waals surface area (Å²) in [6, 6.07) is 12.9. The van der Waals surface area contributed by atoms with E-state index in [0.29, 0.717) is 42.0 Å². The molecule has 1 heterocycles. The molecule has 3 rings (SSSR count). The summed E-state index contributed by atoms with van der Waals surface area (Å²) in [5.41, 5.74) is 3.36. The predicted molar refractivity (Wildman–Crippen MR) is 109 cm³/mol. The topological polar surface area (TPSA) is 53.6 Å². The summed E-state index contributed by atoms with van der Waals surface area (Å²) in [5, 5.41) is 7.36. The molecule has 5 nitrogen and oxygen atoms in total. The fourth-order valence-corrected chi connectivity index (χ4v) is 3.06. The first-order chi connectivity index (χ1) is 12.5. The Hall–Kier alpha value is -2.15. The third-order valence-electron chi connectivity index (χ3n) is 4.14. The number of carbonyl (C=O) groups excluding carboxylic acids is 1. The Morgan fingerprint density at radius 3 is 2.50 bits per heavy atom. The second-order valence-corrected chi connectivity index (χ2v) is 6.86. The van der Waals surface area contributed by atoms with E-state index in [1.165, 1.54) is 0 Å². The lowest BCUT2D eigenvalue weighted by molar-refractivity contribution is 0.0303. The summed E-state index contributed by atoms with van der Waals surface area (Å²) in [7, 11) is 0. The lowest BCUT2D eigenvalue weighted by Crippen LogP contribution is -2.40. The van der Waals surface area contributed by atoms with Crippen LogP contribution in [-0.2, 0) is 4.74 Å². The molecule has 2 aromatic carbocycles. The van der Waals surface area contributed by atoms with Gasteiger partial charge in [-0.1, -0.05) is 17.7 Å². The van der Waals surface area contributed by atoms with Crippen LogP contribution in [-0.4, -0.2) is 42.2 Å². The zero-order valence-electron chi connectivity index (χ0n) is 14.4. The number of thiocarbonyl (C=S) groups is 1. The average Bonchev–Trinajstić information content (AvgIpc) is 2.65. The molecule has 0 spiro atoms. The van der Waals surface area contributed by atoms with E-state index in [4.69, 9.17) is 28.6 Å².